The zero-order chi connectivity index (χ0) is 12.5. The molecule has 2 aliphatic rings. The van der Waals surface area contributed by atoms with Crippen LogP contribution in [0.15, 0.2) is 0 Å². The van der Waals surface area contributed by atoms with Crippen LogP contribution in [0, 0.1) is 5.41 Å². The van der Waals surface area contributed by atoms with Crippen molar-refractivity contribution in [1.82, 2.24) is 10.2 Å². The molecule has 1 N–H and O–H groups in total. The van der Waals surface area contributed by atoms with E-state index in [0.29, 0.717) is 0 Å². The molecular weight excluding hydrogens is 220 g/mol. The van der Waals surface area contributed by atoms with E-state index in [1.165, 1.54) is 0 Å². The van der Waals surface area contributed by atoms with Crippen molar-refractivity contribution in [3.05, 3.63) is 0 Å². The standard InChI is InChI=1S/C12H22N2O3/c1-11(2,3)17-10(15)14-7-12(8-14)6-13-4-5-16-9-12/h13H,4-9H2,1-3H3. The molecule has 5 nitrogen and oxygen atoms in total. The Balaban J connectivity index is 1.83. The molecule has 17 heavy (non-hydrogen) atoms. The molecule has 0 radical (unpaired) electrons. The summed E-state index contributed by atoms with van der Waals surface area (Å²) in [6.45, 7) is 10.4. The fraction of sp³-hybridized carbons (Fsp3) is 0.917. The van der Waals surface area contributed by atoms with Crippen LogP contribution in [0.2, 0.25) is 0 Å². The summed E-state index contributed by atoms with van der Waals surface area (Å²) in [7, 11) is 0. The van der Waals surface area contributed by atoms with E-state index in [1.807, 2.05) is 20.8 Å². The summed E-state index contributed by atoms with van der Waals surface area (Å²) in [5, 5.41) is 3.34. The van der Waals surface area contributed by atoms with Crippen LogP contribution >= 0.6 is 0 Å². The number of carbonyl (C=O) groups excluding carboxylic acids is 1. The topological polar surface area (TPSA) is 50.8 Å². The van der Waals surface area contributed by atoms with Crippen LogP contribution in [0.3, 0.4) is 0 Å². The van der Waals surface area contributed by atoms with Gasteiger partial charge in [-0.15, -0.1) is 0 Å². The van der Waals surface area contributed by atoms with Crippen molar-refractivity contribution in [2.45, 2.75) is 26.4 Å². The number of nitrogens with zero attached hydrogens (tertiary/aromatic N) is 1. The number of carbonyl (C=O) groups is 1. The van der Waals surface area contributed by atoms with Gasteiger partial charge in [-0.25, -0.2) is 4.79 Å². The Morgan fingerprint density at radius 3 is 2.76 bits per heavy atom. The van der Waals surface area contributed by atoms with Crippen LogP contribution in [0.25, 0.3) is 0 Å². The summed E-state index contributed by atoms with van der Waals surface area (Å²) in [6, 6.07) is 0. The number of amides is 1. The average Bonchev–Trinajstić information content (AvgIpc) is 2.36. The lowest BCUT2D eigenvalue weighted by Crippen LogP contribution is -2.63. The molecule has 5 heteroatoms. The molecule has 2 fully saturated rings. The van der Waals surface area contributed by atoms with E-state index in [9.17, 15) is 4.79 Å². The Hall–Kier alpha value is -0.810. The van der Waals surface area contributed by atoms with Gasteiger partial charge in [0, 0.05) is 31.6 Å². The average molecular weight is 242 g/mol. The molecule has 2 saturated heterocycles. The van der Waals surface area contributed by atoms with Crippen molar-refractivity contribution in [2.75, 3.05) is 39.4 Å². The van der Waals surface area contributed by atoms with E-state index in [-0.39, 0.29) is 11.5 Å². The number of rotatable bonds is 0. The van der Waals surface area contributed by atoms with Crippen LogP contribution in [0.4, 0.5) is 4.79 Å². The second kappa shape index (κ2) is 4.46. The van der Waals surface area contributed by atoms with Gasteiger partial charge in [-0.2, -0.15) is 0 Å². The zero-order valence-electron chi connectivity index (χ0n) is 10.9. The van der Waals surface area contributed by atoms with Crippen molar-refractivity contribution >= 4 is 6.09 Å². The molecule has 0 aliphatic carbocycles. The second-order valence-corrected chi connectivity index (χ2v) is 6.07. The van der Waals surface area contributed by atoms with Gasteiger partial charge in [-0.1, -0.05) is 0 Å². The number of likely N-dealkylation sites (tertiary alicyclic amines) is 1. The van der Waals surface area contributed by atoms with Crippen molar-refractivity contribution in [3.63, 3.8) is 0 Å². The Bertz CT molecular complexity index is 283. The minimum atomic E-state index is -0.419. The highest BCUT2D eigenvalue weighted by Crippen LogP contribution is 2.32. The van der Waals surface area contributed by atoms with Gasteiger partial charge in [-0.05, 0) is 20.8 Å². The van der Waals surface area contributed by atoms with E-state index < -0.39 is 5.60 Å². The lowest BCUT2D eigenvalue weighted by Gasteiger charge is -2.49. The highest BCUT2D eigenvalue weighted by atomic mass is 16.6. The minimum absolute atomic E-state index is 0.105. The minimum Gasteiger partial charge on any atom is -0.444 e. The van der Waals surface area contributed by atoms with Crippen LogP contribution in [-0.2, 0) is 9.47 Å². The lowest BCUT2D eigenvalue weighted by molar-refractivity contribution is -0.0605. The Labute approximate surface area is 102 Å². The van der Waals surface area contributed by atoms with Gasteiger partial charge in [0.25, 0.3) is 0 Å². The Kier molecular flexibility index (Phi) is 3.32. The normalized spacial score (nSPS) is 24.1. The molecule has 0 aromatic heterocycles. The van der Waals surface area contributed by atoms with Gasteiger partial charge < -0.3 is 19.7 Å². The van der Waals surface area contributed by atoms with E-state index in [2.05, 4.69) is 5.32 Å². The molecule has 2 rings (SSSR count). The Morgan fingerprint density at radius 2 is 2.12 bits per heavy atom. The molecule has 1 amide bonds. The first-order chi connectivity index (χ1) is 7.90. The van der Waals surface area contributed by atoms with Gasteiger partial charge in [0.1, 0.15) is 5.60 Å². The summed E-state index contributed by atoms with van der Waals surface area (Å²) in [5.41, 5.74) is -0.314. The third-order valence-electron chi connectivity index (χ3n) is 3.04. The van der Waals surface area contributed by atoms with E-state index >= 15 is 0 Å². The van der Waals surface area contributed by atoms with Crippen LogP contribution in [0.5, 0.6) is 0 Å². The first-order valence-electron chi connectivity index (χ1n) is 6.17. The van der Waals surface area contributed by atoms with E-state index in [4.69, 9.17) is 9.47 Å². The lowest BCUT2D eigenvalue weighted by atomic mass is 9.81. The predicted molar refractivity (Wildman–Crippen MR) is 63.9 cm³/mol. The quantitative estimate of drug-likeness (QED) is 0.684. The van der Waals surface area contributed by atoms with Crippen molar-refractivity contribution in [1.29, 1.82) is 0 Å². The smallest absolute Gasteiger partial charge is 0.410 e. The maximum absolute atomic E-state index is 11.8. The van der Waals surface area contributed by atoms with Gasteiger partial charge in [0.15, 0.2) is 0 Å². The first-order valence-corrected chi connectivity index (χ1v) is 6.17. The monoisotopic (exact) mass is 242 g/mol. The van der Waals surface area contributed by atoms with Gasteiger partial charge in [0.2, 0.25) is 0 Å². The van der Waals surface area contributed by atoms with Gasteiger partial charge in [0.05, 0.1) is 13.2 Å². The fourth-order valence-electron chi connectivity index (χ4n) is 2.26. The zero-order valence-corrected chi connectivity index (χ0v) is 10.9. The van der Waals surface area contributed by atoms with Crippen LogP contribution < -0.4 is 5.32 Å². The molecule has 0 saturated carbocycles. The maximum Gasteiger partial charge on any atom is 0.410 e. The summed E-state index contributed by atoms with van der Waals surface area (Å²) < 4.78 is 10.9. The van der Waals surface area contributed by atoms with Crippen molar-refractivity contribution in [2.24, 2.45) is 5.41 Å². The van der Waals surface area contributed by atoms with Crippen LogP contribution in [-0.4, -0.2) is 56.0 Å². The first kappa shape index (κ1) is 12.6. The molecule has 0 aromatic rings. The molecule has 0 bridgehead atoms. The molecule has 98 valence electrons. The third kappa shape index (κ3) is 3.10. The van der Waals surface area contributed by atoms with Crippen molar-refractivity contribution in [3.8, 4) is 0 Å². The highest BCUT2D eigenvalue weighted by molar-refractivity contribution is 5.69. The van der Waals surface area contributed by atoms with Crippen LogP contribution in [0.1, 0.15) is 20.8 Å². The van der Waals surface area contributed by atoms with Gasteiger partial charge in [-0.3, -0.25) is 0 Å². The molecular formula is C12H22N2O3. The third-order valence-corrected chi connectivity index (χ3v) is 3.04. The Morgan fingerprint density at radius 1 is 1.41 bits per heavy atom. The van der Waals surface area contributed by atoms with E-state index in [0.717, 1.165) is 39.4 Å². The molecule has 2 aliphatic heterocycles. The van der Waals surface area contributed by atoms with Gasteiger partial charge >= 0.3 is 6.09 Å². The number of hydrogen-bond donors (Lipinski definition) is 1. The number of nitrogens with one attached hydrogen (secondary N) is 1. The summed E-state index contributed by atoms with van der Waals surface area (Å²) in [6.07, 6.45) is -0.215. The second-order valence-electron chi connectivity index (χ2n) is 6.07. The highest BCUT2D eigenvalue weighted by Gasteiger charge is 2.47. The van der Waals surface area contributed by atoms with Crippen molar-refractivity contribution < 1.29 is 14.3 Å². The maximum atomic E-state index is 11.8. The largest absolute Gasteiger partial charge is 0.444 e. The number of ether oxygens (including phenoxy) is 2. The SMILES string of the molecule is CC(C)(C)OC(=O)N1CC2(CNCCOC2)C1. The van der Waals surface area contributed by atoms with E-state index in [1.54, 1.807) is 4.90 Å². The summed E-state index contributed by atoms with van der Waals surface area (Å²) >= 11 is 0. The molecule has 0 atom stereocenters. The predicted octanol–water partition coefficient (Wildman–Crippen LogP) is 0.843. The fourth-order valence-corrected chi connectivity index (χ4v) is 2.26. The molecule has 2 heterocycles. The summed E-state index contributed by atoms with van der Waals surface area (Å²) in [5.74, 6) is 0. The molecule has 1 spiro atoms. The number of hydrogen-bond acceptors (Lipinski definition) is 4. The summed E-state index contributed by atoms with van der Waals surface area (Å²) in [4.78, 5) is 13.5. The molecule has 0 aromatic carbocycles. The molecule has 0 unspecified atom stereocenters.